The Balaban J connectivity index is 2.31. The zero-order chi connectivity index (χ0) is 16.9. The van der Waals surface area contributed by atoms with E-state index >= 15 is 0 Å². The van der Waals surface area contributed by atoms with E-state index in [4.69, 9.17) is 4.99 Å². The Kier molecular flexibility index (Phi) is 6.58. The third kappa shape index (κ3) is 5.00. The number of nitrogens with zero attached hydrogens (tertiary/aromatic N) is 1. The lowest BCUT2D eigenvalue weighted by molar-refractivity contribution is 0.470. The predicted molar refractivity (Wildman–Crippen MR) is 102 cm³/mol. The summed E-state index contributed by atoms with van der Waals surface area (Å²) in [6.45, 7) is 9.83. The van der Waals surface area contributed by atoms with Crippen LogP contribution in [0.2, 0.25) is 0 Å². The summed E-state index contributed by atoms with van der Waals surface area (Å²) in [7, 11) is 0. The van der Waals surface area contributed by atoms with Gasteiger partial charge in [-0.15, -0.1) is 11.8 Å². The Morgan fingerprint density at radius 3 is 2.57 bits per heavy atom. The number of phenolic OH excluding ortho intramolecular Hbond substituents is 1. The summed E-state index contributed by atoms with van der Waals surface area (Å²) in [5.74, 6) is 0.423. The van der Waals surface area contributed by atoms with Gasteiger partial charge in [0.25, 0.3) is 0 Å². The van der Waals surface area contributed by atoms with Gasteiger partial charge >= 0.3 is 0 Å². The number of aryl methyl sites for hydroxylation is 1. The van der Waals surface area contributed by atoms with Crippen LogP contribution < -0.4 is 0 Å². The SMILES string of the molecule is CCCCCc1cc(O)c2c(c1)SC(C)(C)CC2=NCCCC. The van der Waals surface area contributed by atoms with Crippen molar-refractivity contribution in [3.63, 3.8) is 0 Å². The monoisotopic (exact) mass is 333 g/mol. The minimum absolute atomic E-state index is 0.145. The maximum Gasteiger partial charge on any atom is 0.126 e. The number of phenols is 1. The number of rotatable bonds is 7. The fourth-order valence-electron chi connectivity index (χ4n) is 3.08. The summed E-state index contributed by atoms with van der Waals surface area (Å²) < 4.78 is 0.145. The molecule has 1 aliphatic rings. The fourth-order valence-corrected chi connectivity index (χ4v) is 4.42. The van der Waals surface area contributed by atoms with Gasteiger partial charge in [-0.25, -0.2) is 0 Å². The molecule has 0 aliphatic carbocycles. The lowest BCUT2D eigenvalue weighted by atomic mass is 9.95. The van der Waals surface area contributed by atoms with Crippen LogP contribution >= 0.6 is 11.8 Å². The molecule has 2 nitrogen and oxygen atoms in total. The zero-order valence-corrected chi connectivity index (χ0v) is 15.9. The van der Waals surface area contributed by atoms with Crippen molar-refractivity contribution in [2.75, 3.05) is 6.54 Å². The van der Waals surface area contributed by atoms with Crippen LogP contribution in [0.5, 0.6) is 5.75 Å². The van der Waals surface area contributed by atoms with E-state index in [0.717, 1.165) is 43.5 Å². The highest BCUT2D eigenvalue weighted by Gasteiger charge is 2.32. The first-order chi connectivity index (χ1) is 11.0. The maximum atomic E-state index is 10.6. The number of benzene rings is 1. The van der Waals surface area contributed by atoms with Gasteiger partial charge in [0, 0.05) is 28.3 Å². The second kappa shape index (κ2) is 8.23. The molecule has 0 amide bonds. The van der Waals surface area contributed by atoms with E-state index in [1.165, 1.54) is 29.7 Å². The molecule has 1 N–H and O–H groups in total. The van der Waals surface area contributed by atoms with Crippen molar-refractivity contribution < 1.29 is 5.11 Å². The Labute approximate surface area is 145 Å². The molecule has 0 bridgehead atoms. The molecule has 1 aromatic carbocycles. The molecule has 0 spiro atoms. The molecule has 0 fully saturated rings. The molecule has 0 atom stereocenters. The summed E-state index contributed by atoms with van der Waals surface area (Å²) in [6.07, 6.45) is 7.93. The van der Waals surface area contributed by atoms with Crippen molar-refractivity contribution in [3.8, 4) is 5.75 Å². The van der Waals surface area contributed by atoms with Gasteiger partial charge in [0.15, 0.2) is 0 Å². The van der Waals surface area contributed by atoms with Crippen molar-refractivity contribution in [3.05, 3.63) is 23.3 Å². The largest absolute Gasteiger partial charge is 0.507 e. The van der Waals surface area contributed by atoms with Gasteiger partial charge in [-0.05, 0) is 50.8 Å². The van der Waals surface area contributed by atoms with E-state index in [1.54, 1.807) is 0 Å². The van der Waals surface area contributed by atoms with Crippen LogP contribution in [0.1, 0.15) is 77.3 Å². The molecule has 0 unspecified atom stereocenters. The van der Waals surface area contributed by atoms with E-state index in [0.29, 0.717) is 5.75 Å². The molecule has 3 heteroatoms. The third-order valence-corrected chi connectivity index (χ3v) is 5.53. The van der Waals surface area contributed by atoms with Gasteiger partial charge in [0.1, 0.15) is 5.75 Å². The molecule has 23 heavy (non-hydrogen) atoms. The number of aromatic hydroxyl groups is 1. The quantitative estimate of drug-likeness (QED) is 0.622. The van der Waals surface area contributed by atoms with Crippen LogP contribution in [0.15, 0.2) is 22.0 Å². The maximum absolute atomic E-state index is 10.6. The first-order valence-corrected chi connectivity index (χ1v) is 9.87. The van der Waals surface area contributed by atoms with Crippen molar-refractivity contribution in [1.29, 1.82) is 0 Å². The van der Waals surface area contributed by atoms with Gasteiger partial charge in [-0.3, -0.25) is 4.99 Å². The number of thioether (sulfide) groups is 1. The summed E-state index contributed by atoms with van der Waals surface area (Å²) in [4.78, 5) is 6.03. The van der Waals surface area contributed by atoms with Gasteiger partial charge in [0.05, 0.1) is 5.56 Å². The Morgan fingerprint density at radius 1 is 1.13 bits per heavy atom. The molecule has 0 radical (unpaired) electrons. The number of unbranched alkanes of at least 4 members (excludes halogenated alkanes) is 3. The number of hydrogen-bond acceptors (Lipinski definition) is 3. The van der Waals surface area contributed by atoms with Crippen LogP contribution in [0, 0.1) is 0 Å². The molecule has 1 aromatic rings. The highest BCUT2D eigenvalue weighted by Crippen LogP contribution is 2.46. The average Bonchev–Trinajstić information content (AvgIpc) is 2.45. The summed E-state index contributed by atoms with van der Waals surface area (Å²) >= 11 is 1.88. The van der Waals surface area contributed by atoms with Crippen LogP contribution in [0.3, 0.4) is 0 Å². The van der Waals surface area contributed by atoms with E-state index in [-0.39, 0.29) is 4.75 Å². The highest BCUT2D eigenvalue weighted by molar-refractivity contribution is 8.00. The molecular formula is C20H31NOS. The first-order valence-electron chi connectivity index (χ1n) is 9.05. The van der Waals surface area contributed by atoms with Gasteiger partial charge in [-0.2, -0.15) is 0 Å². The molecule has 0 aromatic heterocycles. The molecule has 2 rings (SSSR count). The fraction of sp³-hybridized carbons (Fsp3) is 0.650. The van der Waals surface area contributed by atoms with Gasteiger partial charge in [-0.1, -0.05) is 33.1 Å². The van der Waals surface area contributed by atoms with Crippen LogP contribution in [0.4, 0.5) is 0 Å². The minimum atomic E-state index is 0.145. The lowest BCUT2D eigenvalue weighted by Gasteiger charge is -2.32. The second-order valence-corrected chi connectivity index (χ2v) is 8.91. The van der Waals surface area contributed by atoms with E-state index < -0.39 is 0 Å². The Hall–Kier alpha value is -0.960. The Bertz CT molecular complexity index is 563. The van der Waals surface area contributed by atoms with Crippen molar-refractivity contribution in [1.82, 2.24) is 0 Å². The smallest absolute Gasteiger partial charge is 0.126 e. The van der Waals surface area contributed by atoms with Gasteiger partial charge < -0.3 is 5.11 Å². The molecule has 1 heterocycles. The second-order valence-electron chi connectivity index (χ2n) is 7.17. The zero-order valence-electron chi connectivity index (χ0n) is 15.1. The summed E-state index contributed by atoms with van der Waals surface area (Å²) in [6, 6.07) is 4.24. The first kappa shape index (κ1) is 18.4. The molecule has 1 aliphatic heterocycles. The third-order valence-electron chi connectivity index (χ3n) is 4.29. The molecule has 128 valence electrons. The van der Waals surface area contributed by atoms with E-state index in [2.05, 4.69) is 33.8 Å². The predicted octanol–water partition coefficient (Wildman–Crippen LogP) is 5.99. The topological polar surface area (TPSA) is 32.6 Å². The molecule has 0 saturated carbocycles. The number of fused-ring (bicyclic) bond motifs is 1. The summed E-state index contributed by atoms with van der Waals surface area (Å²) in [5.41, 5.74) is 3.34. The highest BCUT2D eigenvalue weighted by atomic mass is 32.2. The lowest BCUT2D eigenvalue weighted by Crippen LogP contribution is -2.26. The van der Waals surface area contributed by atoms with Crippen LogP contribution in [-0.4, -0.2) is 22.1 Å². The van der Waals surface area contributed by atoms with E-state index in [9.17, 15) is 5.11 Å². The number of hydrogen-bond donors (Lipinski definition) is 1. The van der Waals surface area contributed by atoms with Crippen LogP contribution in [0.25, 0.3) is 0 Å². The van der Waals surface area contributed by atoms with Crippen molar-refractivity contribution >= 4 is 17.5 Å². The Morgan fingerprint density at radius 2 is 1.87 bits per heavy atom. The minimum Gasteiger partial charge on any atom is -0.507 e. The van der Waals surface area contributed by atoms with Crippen molar-refractivity contribution in [2.24, 2.45) is 4.99 Å². The average molecular weight is 334 g/mol. The van der Waals surface area contributed by atoms with E-state index in [1.807, 2.05) is 17.8 Å². The normalized spacial score (nSPS) is 18.2. The summed E-state index contributed by atoms with van der Waals surface area (Å²) in [5, 5.41) is 10.6. The number of aliphatic imine (C=N–C) groups is 1. The molecule has 0 saturated heterocycles. The van der Waals surface area contributed by atoms with Gasteiger partial charge in [0.2, 0.25) is 0 Å². The standard InChI is InChI=1S/C20H31NOS/c1-5-7-9-10-15-12-17(22)19-16(21-11-8-6-2)14-20(3,4)23-18(19)13-15/h12-13,22H,5-11,14H2,1-4H3. The molecular weight excluding hydrogens is 302 g/mol. The van der Waals surface area contributed by atoms with Crippen LogP contribution in [-0.2, 0) is 6.42 Å². The van der Waals surface area contributed by atoms with Crippen molar-refractivity contribution in [2.45, 2.75) is 82.3 Å².